The van der Waals surface area contributed by atoms with E-state index in [2.05, 4.69) is 290 Å². The standard InChI is InChI=1S/C22H16N.2C19H12N.C18H14N.C15H9FN.C15H10N.4C5H8O2.6Ir/c1-22(2)18-12-6-9-14-8-5-11-17(19(14)18)21-20(22)16-10-4-3-7-15(16)13-23-21;1-2-8-16-13-20-19(12-15(16)7-1)18-11-5-9-14-6-3-4-10-17(14)18;1-2-6-15-11-17(10-9-14(15)5-1)19-12-16-7-3-4-8-18(16)13-20-19;1-18(2)15-10-6-5-9-14(15)17-16(18)13-8-4-3-7-12(13)11-19-17;16-14-7-6-12-9-15(17-10-13(12)8-14)11-4-2-1-3-5-11;1-2-6-12(7-3-1)15-10-13-8-4-5-9-14(13)11-16-15;4*1-4(6)3-5(2)7;;;;;;/h3-10,12-13H,1-2H3;1-10,12-13H;1-9,11-13H;3-8,10-11H,1-2H3;1-4,6-10H;1-6,8-11H;4*3,6H,1-2H3;;;;;;/q6*-1;;;;;;;;;;. The number of carbonyl (C=O) groups is 4. The van der Waals surface area contributed by atoms with Crippen LogP contribution in [0.25, 0.3) is 164 Å². The summed E-state index contributed by atoms with van der Waals surface area (Å²) >= 11 is 0. The van der Waals surface area contributed by atoms with Crippen LogP contribution in [0.5, 0.6) is 0 Å². The maximum absolute atomic E-state index is 13.0. The molecule has 15 aromatic carbocycles. The van der Waals surface area contributed by atoms with Crippen LogP contribution in [0.15, 0.2) is 418 Å². The Morgan fingerprint density at radius 1 is 0.262 bits per heavy atom. The van der Waals surface area contributed by atoms with Gasteiger partial charge in [0.15, 0.2) is 23.1 Å². The second kappa shape index (κ2) is 57.1. The molecule has 0 atom stereocenters. The Hall–Kier alpha value is -13.8. The number of hydrogen-bond donors (Lipinski definition) is 4. The van der Waals surface area contributed by atoms with Crippen LogP contribution in [0.4, 0.5) is 4.39 Å². The molecule has 4 N–H and O–H groups in total. The van der Waals surface area contributed by atoms with Crippen molar-refractivity contribution in [1.29, 1.82) is 0 Å². The first kappa shape index (κ1) is 120. The molecule has 2 aliphatic rings. The van der Waals surface area contributed by atoms with Crippen molar-refractivity contribution in [2.45, 2.75) is 93.9 Å². The summed E-state index contributed by atoms with van der Waals surface area (Å²) in [7, 11) is 0. The molecule has 0 spiro atoms. The number of aliphatic hydroxyl groups excluding tert-OH is 4. The van der Waals surface area contributed by atoms with E-state index in [0.29, 0.717) is 0 Å². The van der Waals surface area contributed by atoms with Crippen LogP contribution in [0.2, 0.25) is 0 Å². The van der Waals surface area contributed by atoms with Gasteiger partial charge in [-0.15, -0.1) is 195 Å². The van der Waals surface area contributed by atoms with E-state index in [-0.39, 0.29) is 183 Å². The number of fused-ring (bicyclic) bond motifs is 15. The van der Waals surface area contributed by atoms with Crippen LogP contribution in [0.1, 0.15) is 105 Å². The molecule has 6 radical (unpaired) electrons. The monoisotopic (exact) mass is 3030 g/mol. The molecule has 21 heteroatoms. The van der Waals surface area contributed by atoms with Gasteiger partial charge in [-0.25, -0.2) is 4.39 Å². The van der Waals surface area contributed by atoms with Gasteiger partial charge in [0.1, 0.15) is 5.82 Å². The molecule has 0 amide bonds. The Balaban J connectivity index is 0.000000206. The second-order valence-corrected chi connectivity index (χ2v) is 35.3. The number of ketones is 4. The van der Waals surface area contributed by atoms with E-state index in [1.165, 1.54) is 189 Å². The first-order chi connectivity index (χ1) is 68.9. The van der Waals surface area contributed by atoms with E-state index in [1.807, 2.05) is 140 Å². The third-order valence-corrected chi connectivity index (χ3v) is 23.5. The number of rotatable bonds is 8. The number of aliphatic hydroxyl groups is 4. The van der Waals surface area contributed by atoms with E-state index in [1.54, 1.807) is 12.3 Å². The maximum atomic E-state index is 13.0. The summed E-state index contributed by atoms with van der Waals surface area (Å²) in [5.41, 5.74) is 17.6. The van der Waals surface area contributed by atoms with Crippen molar-refractivity contribution in [3.8, 4) is 67.5 Å². The minimum Gasteiger partial charge on any atom is -0.512 e. The quantitative estimate of drug-likeness (QED) is 0.0631. The maximum Gasteiger partial charge on any atom is 0.155 e. The van der Waals surface area contributed by atoms with Crippen molar-refractivity contribution >= 4 is 120 Å². The third kappa shape index (κ3) is 31.7. The van der Waals surface area contributed by atoms with Gasteiger partial charge in [0, 0.05) is 193 Å². The molecule has 14 nitrogen and oxygen atoms in total. The average Bonchev–Trinajstić information content (AvgIpc) is 1.54. The van der Waals surface area contributed by atoms with Gasteiger partial charge >= 0.3 is 0 Å². The minimum atomic E-state index is -0.238. The van der Waals surface area contributed by atoms with Crippen LogP contribution < -0.4 is 0 Å². The van der Waals surface area contributed by atoms with E-state index in [4.69, 9.17) is 30.4 Å². The predicted octanol–water partition coefficient (Wildman–Crippen LogP) is 31.2. The molecule has 762 valence electrons. The first-order valence-electron chi connectivity index (χ1n) is 46.5. The fraction of sp³-hybridized carbons (Fsp3) is 0.109. The Kier molecular flexibility index (Phi) is 46.2. The van der Waals surface area contributed by atoms with Crippen molar-refractivity contribution in [2.75, 3.05) is 0 Å². The number of carbonyl (C=O) groups excluding carboxylic acids is 4. The van der Waals surface area contributed by atoms with Crippen LogP contribution in [0.3, 0.4) is 0 Å². The molecule has 21 aromatic rings. The largest absolute Gasteiger partial charge is 0.512 e. The minimum absolute atomic E-state index is 0. The van der Waals surface area contributed by atoms with Crippen molar-refractivity contribution in [1.82, 2.24) is 29.9 Å². The van der Waals surface area contributed by atoms with Crippen molar-refractivity contribution in [2.24, 2.45) is 0 Å². The molecule has 2 aliphatic carbocycles. The Labute approximate surface area is 949 Å². The molecule has 0 saturated heterocycles. The van der Waals surface area contributed by atoms with E-state index in [9.17, 15) is 23.6 Å². The summed E-state index contributed by atoms with van der Waals surface area (Å²) in [5.74, 6) is -0.488. The molecule has 6 heterocycles. The number of benzene rings is 15. The van der Waals surface area contributed by atoms with Gasteiger partial charge in [-0.1, -0.05) is 273 Å². The van der Waals surface area contributed by atoms with Gasteiger partial charge in [0.25, 0.3) is 0 Å². The fourth-order valence-electron chi connectivity index (χ4n) is 17.2. The third-order valence-electron chi connectivity index (χ3n) is 23.5. The molecule has 0 bridgehead atoms. The number of nitrogens with zero attached hydrogens (tertiary/aromatic N) is 6. The SMILES string of the molecule is CC(=O)C=C(C)O.CC(=O)C=C(C)O.CC(=O)C=C(C)O.CC(=O)C=C(C)O.CC1(C)c2c(ncc3ccccc23)-c2[c-]ccc3cccc1c23.CC1(C)c2ccc[c-]c2-c2ncc3ccccc3c21.Fc1ccc2cc(-c3[c-]cccc3)ncc2c1.[Ir].[Ir].[Ir].[Ir].[Ir].[Ir].[c-]1cc2ccccc2cc1-c1cc2ccccc2cn1.[c-]1ccc2ccccc2c1-c1cc2ccccc2cn1.[c-]1ccccc1-c1cc2ccccc2cn1. The Morgan fingerprint density at radius 3 is 1.03 bits per heavy atom. The molecule has 0 aliphatic heterocycles. The van der Waals surface area contributed by atoms with Gasteiger partial charge in [-0.05, 0) is 172 Å². The molecule has 23 rings (SSSR count). The molecule has 6 aromatic heterocycles. The van der Waals surface area contributed by atoms with Crippen LogP contribution in [-0.2, 0) is 151 Å². The van der Waals surface area contributed by atoms with Crippen molar-refractivity contribution < 1.29 is 165 Å². The molecule has 0 fully saturated rings. The first-order valence-corrected chi connectivity index (χ1v) is 46.5. The number of halogens is 1. The second-order valence-electron chi connectivity index (χ2n) is 35.3. The van der Waals surface area contributed by atoms with Crippen LogP contribution >= 0.6 is 0 Å². The topological polar surface area (TPSA) is 227 Å². The number of aromatic nitrogens is 6. The van der Waals surface area contributed by atoms with E-state index >= 15 is 0 Å². The zero-order valence-corrected chi connectivity index (χ0v) is 97.9. The summed E-state index contributed by atoms with van der Waals surface area (Å²) in [5, 5.41) is 54.8. The smallest absolute Gasteiger partial charge is 0.155 e. The molecule has 149 heavy (non-hydrogen) atoms. The Bertz CT molecular complexity index is 8170. The van der Waals surface area contributed by atoms with E-state index in [0.717, 1.165) is 89.1 Å². The molecular weight excluding hydrogens is 2920 g/mol. The summed E-state index contributed by atoms with van der Waals surface area (Å²) in [6, 6.07) is 132. The van der Waals surface area contributed by atoms with Gasteiger partial charge in [0.2, 0.25) is 0 Å². The molecular formula is C128H105FIr6N6O8-6. The number of hydrogen-bond acceptors (Lipinski definition) is 14. The summed E-state index contributed by atoms with van der Waals surface area (Å²) < 4.78 is 13.0. The predicted molar refractivity (Wildman–Crippen MR) is 581 cm³/mol. The fourth-order valence-corrected chi connectivity index (χ4v) is 17.2. The summed E-state index contributed by atoms with van der Waals surface area (Å²) in [4.78, 5) is 67.5. The molecule has 0 unspecified atom stereocenters. The van der Waals surface area contributed by atoms with Crippen molar-refractivity contribution in [3.05, 3.63) is 483 Å². The van der Waals surface area contributed by atoms with Gasteiger partial charge < -0.3 is 50.3 Å². The molecule has 0 saturated carbocycles. The summed E-state index contributed by atoms with van der Waals surface area (Å²) in [6.45, 7) is 20.6. The number of allylic oxidation sites excluding steroid dienone is 8. The van der Waals surface area contributed by atoms with Gasteiger partial charge in [-0.3, -0.25) is 19.2 Å². The van der Waals surface area contributed by atoms with Gasteiger partial charge in [-0.2, -0.15) is 0 Å². The van der Waals surface area contributed by atoms with Crippen molar-refractivity contribution in [3.63, 3.8) is 0 Å². The average molecular weight is 3030 g/mol. The van der Waals surface area contributed by atoms with Gasteiger partial charge in [0.05, 0.1) is 23.0 Å². The zero-order chi connectivity index (χ0) is 101. The normalized spacial score (nSPS) is 11.7. The van der Waals surface area contributed by atoms with Crippen LogP contribution in [-0.4, -0.2) is 73.5 Å². The van der Waals surface area contributed by atoms with Crippen LogP contribution in [0, 0.1) is 42.2 Å². The summed E-state index contributed by atoms with van der Waals surface area (Å²) in [6.07, 6.45) is 16.1. The van der Waals surface area contributed by atoms with E-state index < -0.39 is 0 Å². The zero-order valence-electron chi connectivity index (χ0n) is 83.5. The number of pyridine rings is 6. The Morgan fingerprint density at radius 2 is 0.591 bits per heavy atom.